The maximum Gasteiger partial charge on any atom is 0.254 e. The van der Waals surface area contributed by atoms with Crippen molar-refractivity contribution in [2.45, 2.75) is 32.7 Å². The number of carbonyl (C=O) groups excluding carboxylic acids is 1. The first kappa shape index (κ1) is 15.1. The van der Waals surface area contributed by atoms with Crippen LogP contribution in [0.15, 0.2) is 16.7 Å². The molecule has 112 valence electrons. The van der Waals surface area contributed by atoms with Gasteiger partial charge in [0.2, 0.25) is 0 Å². The Morgan fingerprint density at radius 1 is 1.50 bits per heavy atom. The fourth-order valence-electron chi connectivity index (χ4n) is 2.50. The van der Waals surface area contributed by atoms with E-state index in [9.17, 15) is 4.79 Å². The van der Waals surface area contributed by atoms with Gasteiger partial charge in [0.15, 0.2) is 0 Å². The maximum absolute atomic E-state index is 11.8. The zero-order valence-corrected chi connectivity index (χ0v) is 12.2. The number of carbonyl (C=O) groups is 1. The lowest BCUT2D eigenvalue weighted by atomic mass is 9.99. The molecule has 1 fully saturated rings. The highest BCUT2D eigenvalue weighted by Crippen LogP contribution is 2.15. The Labute approximate surface area is 120 Å². The second-order valence-electron chi connectivity index (χ2n) is 5.64. The fraction of sp³-hybridized carbons (Fsp3) is 0.667. The van der Waals surface area contributed by atoms with E-state index in [2.05, 4.69) is 17.1 Å². The topological polar surface area (TPSA) is 71.5 Å². The van der Waals surface area contributed by atoms with Gasteiger partial charge >= 0.3 is 0 Å². The standard InChI is InChI=1S/C15H25N3O2/c1-12-3-7-18(8-4-12)6-2-5-17-15(19)13-9-14(10-16)20-11-13/h9,11-12H,2-8,10,16H2,1H3,(H,17,19). The molecular weight excluding hydrogens is 254 g/mol. The lowest BCUT2D eigenvalue weighted by Crippen LogP contribution is -2.35. The van der Waals surface area contributed by atoms with Crippen molar-refractivity contribution in [3.8, 4) is 0 Å². The monoisotopic (exact) mass is 279 g/mol. The summed E-state index contributed by atoms with van der Waals surface area (Å²) >= 11 is 0. The van der Waals surface area contributed by atoms with E-state index in [0.29, 0.717) is 24.4 Å². The molecule has 1 amide bonds. The average Bonchev–Trinajstić information content (AvgIpc) is 2.94. The van der Waals surface area contributed by atoms with Crippen LogP contribution in [-0.2, 0) is 6.54 Å². The molecule has 2 rings (SSSR count). The Morgan fingerprint density at radius 2 is 2.25 bits per heavy atom. The number of rotatable bonds is 6. The van der Waals surface area contributed by atoms with Crippen molar-refractivity contribution in [1.82, 2.24) is 10.2 Å². The summed E-state index contributed by atoms with van der Waals surface area (Å²) in [6, 6.07) is 1.70. The molecule has 1 saturated heterocycles. The second kappa shape index (κ2) is 7.45. The third kappa shape index (κ3) is 4.35. The highest BCUT2D eigenvalue weighted by Gasteiger charge is 2.15. The van der Waals surface area contributed by atoms with Gasteiger partial charge in [0, 0.05) is 6.54 Å². The number of nitrogens with zero attached hydrogens (tertiary/aromatic N) is 1. The van der Waals surface area contributed by atoms with E-state index in [4.69, 9.17) is 10.2 Å². The van der Waals surface area contributed by atoms with Crippen LogP contribution in [0.5, 0.6) is 0 Å². The van der Waals surface area contributed by atoms with Gasteiger partial charge in [0.25, 0.3) is 5.91 Å². The van der Waals surface area contributed by atoms with Gasteiger partial charge in [-0.2, -0.15) is 0 Å². The van der Waals surface area contributed by atoms with Crippen molar-refractivity contribution in [2.75, 3.05) is 26.2 Å². The molecule has 3 N–H and O–H groups in total. The summed E-state index contributed by atoms with van der Waals surface area (Å²) in [6.45, 7) is 6.78. The van der Waals surface area contributed by atoms with Crippen molar-refractivity contribution < 1.29 is 9.21 Å². The molecule has 0 unspecified atom stereocenters. The highest BCUT2D eigenvalue weighted by atomic mass is 16.3. The third-order valence-corrected chi connectivity index (χ3v) is 3.93. The predicted molar refractivity (Wildman–Crippen MR) is 78.4 cm³/mol. The third-order valence-electron chi connectivity index (χ3n) is 3.93. The van der Waals surface area contributed by atoms with Crippen molar-refractivity contribution in [3.05, 3.63) is 23.7 Å². The molecule has 20 heavy (non-hydrogen) atoms. The molecule has 0 bridgehead atoms. The molecule has 1 aliphatic rings. The first-order valence-electron chi connectivity index (χ1n) is 7.47. The highest BCUT2D eigenvalue weighted by molar-refractivity contribution is 5.93. The summed E-state index contributed by atoms with van der Waals surface area (Å²) in [6.07, 6.45) is 5.04. The van der Waals surface area contributed by atoms with E-state index in [-0.39, 0.29) is 5.91 Å². The number of hydrogen-bond acceptors (Lipinski definition) is 4. The molecule has 0 saturated carbocycles. The van der Waals surface area contributed by atoms with Crippen molar-refractivity contribution >= 4 is 5.91 Å². The van der Waals surface area contributed by atoms with Crippen LogP contribution < -0.4 is 11.1 Å². The van der Waals surface area contributed by atoms with Gasteiger partial charge in [0.1, 0.15) is 12.0 Å². The van der Waals surface area contributed by atoms with Crippen LogP contribution in [0, 0.1) is 5.92 Å². The van der Waals surface area contributed by atoms with E-state index in [0.717, 1.165) is 18.9 Å². The van der Waals surface area contributed by atoms with Gasteiger partial charge in [-0.1, -0.05) is 6.92 Å². The quantitative estimate of drug-likeness (QED) is 0.776. The van der Waals surface area contributed by atoms with Crippen LogP contribution >= 0.6 is 0 Å². The van der Waals surface area contributed by atoms with Crippen LogP contribution in [0.4, 0.5) is 0 Å². The van der Waals surface area contributed by atoms with Gasteiger partial charge in [-0.25, -0.2) is 0 Å². The zero-order chi connectivity index (χ0) is 14.4. The smallest absolute Gasteiger partial charge is 0.254 e. The van der Waals surface area contributed by atoms with Gasteiger partial charge in [-0.3, -0.25) is 4.79 Å². The zero-order valence-electron chi connectivity index (χ0n) is 12.2. The number of furan rings is 1. The molecule has 0 radical (unpaired) electrons. The minimum atomic E-state index is -0.0827. The molecule has 0 atom stereocenters. The lowest BCUT2D eigenvalue weighted by Gasteiger charge is -2.30. The largest absolute Gasteiger partial charge is 0.467 e. The van der Waals surface area contributed by atoms with E-state index in [1.165, 1.54) is 32.2 Å². The number of amides is 1. The van der Waals surface area contributed by atoms with Crippen LogP contribution in [0.1, 0.15) is 42.3 Å². The van der Waals surface area contributed by atoms with Crippen molar-refractivity contribution in [1.29, 1.82) is 0 Å². The van der Waals surface area contributed by atoms with E-state index < -0.39 is 0 Å². The van der Waals surface area contributed by atoms with E-state index >= 15 is 0 Å². The molecular formula is C15H25N3O2. The van der Waals surface area contributed by atoms with Crippen LogP contribution in [-0.4, -0.2) is 37.0 Å². The average molecular weight is 279 g/mol. The van der Waals surface area contributed by atoms with Crippen molar-refractivity contribution in [3.63, 3.8) is 0 Å². The van der Waals surface area contributed by atoms with Gasteiger partial charge in [0.05, 0.1) is 12.1 Å². The molecule has 1 aromatic rings. The van der Waals surface area contributed by atoms with Crippen LogP contribution in [0.2, 0.25) is 0 Å². The normalized spacial score (nSPS) is 17.3. The summed E-state index contributed by atoms with van der Waals surface area (Å²) in [4.78, 5) is 14.3. The number of hydrogen-bond donors (Lipinski definition) is 2. The molecule has 1 aliphatic heterocycles. The molecule has 0 aromatic carbocycles. The Hall–Kier alpha value is -1.33. The van der Waals surface area contributed by atoms with Gasteiger partial charge in [-0.05, 0) is 50.9 Å². The first-order chi connectivity index (χ1) is 9.69. The summed E-state index contributed by atoms with van der Waals surface area (Å²) in [5, 5.41) is 2.92. The minimum absolute atomic E-state index is 0.0827. The van der Waals surface area contributed by atoms with E-state index in [1.807, 2.05) is 0 Å². The summed E-state index contributed by atoms with van der Waals surface area (Å²) < 4.78 is 5.15. The number of nitrogens with one attached hydrogen (secondary N) is 1. The minimum Gasteiger partial charge on any atom is -0.467 e. The maximum atomic E-state index is 11.8. The van der Waals surface area contributed by atoms with Gasteiger partial charge in [-0.15, -0.1) is 0 Å². The summed E-state index contributed by atoms with van der Waals surface area (Å²) in [5.74, 6) is 1.42. The molecule has 0 spiro atoms. The molecule has 5 nitrogen and oxygen atoms in total. The summed E-state index contributed by atoms with van der Waals surface area (Å²) in [5.41, 5.74) is 6.00. The van der Waals surface area contributed by atoms with Crippen LogP contribution in [0.3, 0.4) is 0 Å². The SMILES string of the molecule is CC1CCN(CCCNC(=O)c2coc(CN)c2)CC1. The first-order valence-corrected chi connectivity index (χ1v) is 7.47. The molecule has 0 aliphatic carbocycles. The summed E-state index contributed by atoms with van der Waals surface area (Å²) in [7, 11) is 0. The van der Waals surface area contributed by atoms with Gasteiger partial charge < -0.3 is 20.4 Å². The Bertz CT molecular complexity index is 423. The lowest BCUT2D eigenvalue weighted by molar-refractivity contribution is 0.0950. The Kier molecular flexibility index (Phi) is 5.61. The predicted octanol–water partition coefficient (Wildman–Crippen LogP) is 1.59. The number of piperidine rings is 1. The number of nitrogens with two attached hydrogens (primary N) is 1. The van der Waals surface area contributed by atoms with Crippen LogP contribution in [0.25, 0.3) is 0 Å². The fourth-order valence-corrected chi connectivity index (χ4v) is 2.50. The Balaban J connectivity index is 1.62. The molecule has 1 aromatic heterocycles. The molecule has 2 heterocycles. The van der Waals surface area contributed by atoms with E-state index in [1.54, 1.807) is 6.07 Å². The second-order valence-corrected chi connectivity index (χ2v) is 5.64. The number of likely N-dealkylation sites (tertiary alicyclic amines) is 1. The van der Waals surface area contributed by atoms with Crippen molar-refractivity contribution in [2.24, 2.45) is 11.7 Å². The Morgan fingerprint density at radius 3 is 2.90 bits per heavy atom. The molecule has 5 heteroatoms.